The number of benzene rings is 1. The number of aromatic nitrogens is 4. The van der Waals surface area contributed by atoms with E-state index < -0.39 is 0 Å². The van der Waals surface area contributed by atoms with Crippen molar-refractivity contribution >= 4 is 17.5 Å². The van der Waals surface area contributed by atoms with Crippen LogP contribution < -0.4 is 0 Å². The fourth-order valence-corrected chi connectivity index (χ4v) is 3.60. The summed E-state index contributed by atoms with van der Waals surface area (Å²) in [5, 5.41) is 14.3. The zero-order valence-corrected chi connectivity index (χ0v) is 14.3. The Balaban J connectivity index is 1.58. The lowest BCUT2D eigenvalue weighted by Crippen LogP contribution is -2.39. The summed E-state index contributed by atoms with van der Waals surface area (Å²) < 4.78 is 0. The average Bonchev–Trinajstić information content (AvgIpc) is 3.31. The van der Waals surface area contributed by atoms with Crippen LogP contribution in [0.25, 0.3) is 11.1 Å². The van der Waals surface area contributed by atoms with Gasteiger partial charge in [0.05, 0.1) is 17.4 Å². The molecule has 2 aromatic heterocycles. The van der Waals surface area contributed by atoms with E-state index in [9.17, 15) is 4.79 Å². The molecule has 1 atom stereocenters. The number of H-pyrrole nitrogens is 2. The monoisotopic (exact) mass is 355 g/mol. The van der Waals surface area contributed by atoms with Gasteiger partial charge >= 0.3 is 0 Å². The Morgan fingerprint density at radius 2 is 1.96 bits per heavy atom. The zero-order valence-electron chi connectivity index (χ0n) is 13.6. The lowest BCUT2D eigenvalue weighted by molar-refractivity contribution is 0.0700. The molecule has 7 heteroatoms. The molecule has 3 aromatic rings. The van der Waals surface area contributed by atoms with Gasteiger partial charge in [-0.15, -0.1) is 0 Å². The van der Waals surface area contributed by atoms with Crippen molar-refractivity contribution in [1.29, 1.82) is 0 Å². The van der Waals surface area contributed by atoms with Crippen LogP contribution in [0, 0.1) is 0 Å². The molecule has 6 nitrogen and oxygen atoms in total. The van der Waals surface area contributed by atoms with Gasteiger partial charge in [-0.25, -0.2) is 0 Å². The third kappa shape index (κ3) is 3.05. The fraction of sp³-hybridized carbons (Fsp3) is 0.278. The van der Waals surface area contributed by atoms with Crippen molar-refractivity contribution in [2.75, 3.05) is 13.1 Å². The van der Waals surface area contributed by atoms with Gasteiger partial charge in [-0.05, 0) is 18.4 Å². The van der Waals surface area contributed by atoms with E-state index in [1.54, 1.807) is 0 Å². The average molecular weight is 356 g/mol. The highest BCUT2D eigenvalue weighted by atomic mass is 35.5. The van der Waals surface area contributed by atoms with Crippen molar-refractivity contribution in [2.24, 2.45) is 0 Å². The number of carbonyl (C=O) groups is 1. The van der Waals surface area contributed by atoms with Gasteiger partial charge in [0.2, 0.25) is 0 Å². The number of aromatic amines is 2. The highest BCUT2D eigenvalue weighted by Crippen LogP contribution is 2.33. The molecule has 0 spiro atoms. The molecule has 1 aliphatic rings. The number of piperidine rings is 1. The normalized spacial score (nSPS) is 17.6. The number of amides is 1. The minimum Gasteiger partial charge on any atom is -0.337 e. The van der Waals surface area contributed by atoms with Gasteiger partial charge in [-0.1, -0.05) is 41.9 Å². The van der Waals surface area contributed by atoms with Crippen molar-refractivity contribution in [1.82, 2.24) is 25.3 Å². The molecule has 1 saturated heterocycles. The minimum atomic E-state index is -0.104. The van der Waals surface area contributed by atoms with Crippen LogP contribution in [0.5, 0.6) is 0 Å². The topological polar surface area (TPSA) is 77.7 Å². The van der Waals surface area contributed by atoms with E-state index in [1.807, 2.05) is 29.3 Å². The number of likely N-dealkylation sites (tertiary alicyclic amines) is 1. The molecule has 0 unspecified atom stereocenters. The number of nitrogens with zero attached hydrogens (tertiary/aromatic N) is 3. The molecule has 0 saturated carbocycles. The second-order valence-corrected chi connectivity index (χ2v) is 6.65. The van der Waals surface area contributed by atoms with Crippen LogP contribution in [0.2, 0.25) is 5.02 Å². The lowest BCUT2D eigenvalue weighted by Gasteiger charge is -2.32. The molecule has 1 amide bonds. The molecule has 4 rings (SSSR count). The van der Waals surface area contributed by atoms with E-state index in [0.717, 1.165) is 36.2 Å². The first-order valence-corrected chi connectivity index (χ1v) is 8.68. The Hall–Kier alpha value is -2.60. The second-order valence-electron chi connectivity index (χ2n) is 6.25. The molecule has 1 aliphatic heterocycles. The Labute approximate surface area is 150 Å². The van der Waals surface area contributed by atoms with E-state index >= 15 is 0 Å². The first-order valence-electron chi connectivity index (χ1n) is 8.31. The molecule has 25 heavy (non-hydrogen) atoms. The molecule has 0 radical (unpaired) electrons. The first-order chi connectivity index (χ1) is 12.2. The predicted molar refractivity (Wildman–Crippen MR) is 95.5 cm³/mol. The summed E-state index contributed by atoms with van der Waals surface area (Å²) in [6.07, 6.45) is 5.27. The second kappa shape index (κ2) is 6.72. The minimum absolute atomic E-state index is 0.104. The lowest BCUT2D eigenvalue weighted by atomic mass is 9.90. The summed E-state index contributed by atoms with van der Waals surface area (Å²) in [5.74, 6) is 0.116. The van der Waals surface area contributed by atoms with Crippen LogP contribution in [0.15, 0.2) is 42.7 Å². The van der Waals surface area contributed by atoms with Gasteiger partial charge in [0.25, 0.3) is 5.91 Å². The van der Waals surface area contributed by atoms with Crippen molar-refractivity contribution < 1.29 is 4.79 Å². The first kappa shape index (κ1) is 15.9. The van der Waals surface area contributed by atoms with Crippen LogP contribution in [-0.4, -0.2) is 44.3 Å². The quantitative estimate of drug-likeness (QED) is 0.755. The Morgan fingerprint density at radius 3 is 2.72 bits per heavy atom. The van der Waals surface area contributed by atoms with Crippen molar-refractivity contribution in [3.8, 4) is 11.1 Å². The standard InChI is InChI=1S/C18H18ClN5O/c19-15-10-21-23-17(15)18(25)24-8-4-7-13(11-24)16-14(9-20-22-16)12-5-2-1-3-6-12/h1-3,5-6,9-10,13H,4,7-8,11H2,(H,20,22)(H,21,23)/t13-/m1/s1. The number of carbonyl (C=O) groups excluding carboxylic acids is 1. The van der Waals surface area contributed by atoms with Crippen LogP contribution in [0.3, 0.4) is 0 Å². The summed E-state index contributed by atoms with van der Waals surface area (Å²) in [5.41, 5.74) is 3.67. The molecule has 1 aromatic carbocycles. The summed E-state index contributed by atoms with van der Waals surface area (Å²) >= 11 is 6.04. The number of nitrogens with one attached hydrogen (secondary N) is 2. The predicted octanol–water partition coefficient (Wildman–Crippen LogP) is 3.47. The molecule has 2 N–H and O–H groups in total. The Morgan fingerprint density at radius 1 is 1.16 bits per heavy atom. The number of hydrogen-bond acceptors (Lipinski definition) is 3. The van der Waals surface area contributed by atoms with Crippen LogP contribution in [0.4, 0.5) is 0 Å². The Kier molecular flexibility index (Phi) is 4.28. The van der Waals surface area contributed by atoms with E-state index in [0.29, 0.717) is 17.3 Å². The number of hydrogen-bond donors (Lipinski definition) is 2. The number of rotatable bonds is 3. The van der Waals surface area contributed by atoms with Crippen LogP contribution >= 0.6 is 11.6 Å². The van der Waals surface area contributed by atoms with E-state index in [4.69, 9.17) is 11.6 Å². The highest BCUT2D eigenvalue weighted by Gasteiger charge is 2.29. The maximum atomic E-state index is 12.7. The van der Waals surface area contributed by atoms with E-state index in [2.05, 4.69) is 32.5 Å². The third-order valence-electron chi connectivity index (χ3n) is 4.68. The molecule has 0 bridgehead atoms. The van der Waals surface area contributed by atoms with Gasteiger partial charge in [0.1, 0.15) is 5.69 Å². The highest BCUT2D eigenvalue weighted by molar-refractivity contribution is 6.33. The van der Waals surface area contributed by atoms with E-state index in [1.165, 1.54) is 6.20 Å². The van der Waals surface area contributed by atoms with Crippen molar-refractivity contribution in [3.05, 3.63) is 59.1 Å². The van der Waals surface area contributed by atoms with Gasteiger partial charge in [-0.3, -0.25) is 15.0 Å². The maximum absolute atomic E-state index is 12.7. The summed E-state index contributed by atoms with van der Waals surface area (Å²) in [7, 11) is 0. The SMILES string of the molecule is O=C(c1[nH]ncc1Cl)N1CCC[C@@H](c2[nH]ncc2-c2ccccc2)C1. The summed E-state index contributed by atoms with van der Waals surface area (Å²) in [6, 6.07) is 10.2. The smallest absolute Gasteiger partial charge is 0.273 e. The molecule has 128 valence electrons. The molecular weight excluding hydrogens is 338 g/mol. The maximum Gasteiger partial charge on any atom is 0.273 e. The summed E-state index contributed by atoms with van der Waals surface area (Å²) in [4.78, 5) is 14.5. The van der Waals surface area contributed by atoms with Crippen LogP contribution in [-0.2, 0) is 0 Å². The third-order valence-corrected chi connectivity index (χ3v) is 4.96. The van der Waals surface area contributed by atoms with Gasteiger partial charge in [0.15, 0.2) is 0 Å². The largest absolute Gasteiger partial charge is 0.337 e. The molecule has 0 aliphatic carbocycles. The van der Waals surface area contributed by atoms with Crippen molar-refractivity contribution in [2.45, 2.75) is 18.8 Å². The fourth-order valence-electron chi connectivity index (χ4n) is 3.43. The number of halogens is 1. The van der Waals surface area contributed by atoms with E-state index in [-0.39, 0.29) is 11.8 Å². The van der Waals surface area contributed by atoms with Gasteiger partial charge < -0.3 is 4.90 Å². The summed E-state index contributed by atoms with van der Waals surface area (Å²) in [6.45, 7) is 1.36. The molecule has 3 heterocycles. The van der Waals surface area contributed by atoms with Crippen LogP contribution in [0.1, 0.15) is 34.9 Å². The molecular formula is C18H18ClN5O. The Bertz CT molecular complexity index is 872. The van der Waals surface area contributed by atoms with Gasteiger partial charge in [-0.2, -0.15) is 10.2 Å². The molecule has 1 fully saturated rings. The van der Waals surface area contributed by atoms with Crippen molar-refractivity contribution in [3.63, 3.8) is 0 Å². The zero-order chi connectivity index (χ0) is 17.2. The van der Waals surface area contributed by atoms with Gasteiger partial charge in [0, 0.05) is 30.3 Å².